The van der Waals surface area contributed by atoms with Gasteiger partial charge in [0.15, 0.2) is 13.2 Å². The Labute approximate surface area is 190 Å². The molecule has 0 saturated carbocycles. The summed E-state index contributed by atoms with van der Waals surface area (Å²) in [5, 5.41) is 5.07. The van der Waals surface area contributed by atoms with E-state index in [2.05, 4.69) is 10.6 Å². The number of carbonyl (C=O) groups excluding carboxylic acids is 3. The van der Waals surface area contributed by atoms with E-state index >= 15 is 0 Å². The van der Waals surface area contributed by atoms with Crippen molar-refractivity contribution in [1.82, 2.24) is 0 Å². The summed E-state index contributed by atoms with van der Waals surface area (Å²) in [5.41, 5.74) is 1.75. The van der Waals surface area contributed by atoms with Gasteiger partial charge in [-0.2, -0.15) is 0 Å². The maximum atomic E-state index is 13.7. The molecule has 2 N–H and O–H groups in total. The van der Waals surface area contributed by atoms with E-state index in [1.54, 1.807) is 24.3 Å². The third-order valence-electron chi connectivity index (χ3n) is 4.57. The number of benzene rings is 3. The lowest BCUT2D eigenvalue weighted by Gasteiger charge is -2.12. The van der Waals surface area contributed by atoms with Crippen LogP contribution < -0.4 is 15.4 Å². The molecule has 170 valence electrons. The number of esters is 1. The van der Waals surface area contributed by atoms with Crippen LogP contribution in [-0.4, -0.2) is 31.0 Å². The number of hydrogen-bond acceptors (Lipinski definition) is 5. The molecule has 0 heterocycles. The second-order valence-corrected chi connectivity index (χ2v) is 6.99. The Hall–Kier alpha value is -4.20. The highest BCUT2D eigenvalue weighted by atomic mass is 19.1. The first kappa shape index (κ1) is 23.5. The summed E-state index contributed by atoms with van der Waals surface area (Å²) in [4.78, 5) is 36.7. The van der Waals surface area contributed by atoms with Gasteiger partial charge in [0.2, 0.25) is 0 Å². The van der Waals surface area contributed by atoms with Gasteiger partial charge in [-0.15, -0.1) is 0 Å². The van der Waals surface area contributed by atoms with E-state index in [-0.39, 0.29) is 17.0 Å². The minimum absolute atomic E-state index is 0.0225. The van der Waals surface area contributed by atoms with Crippen molar-refractivity contribution in [2.45, 2.75) is 13.3 Å². The minimum atomic E-state index is -0.780. The van der Waals surface area contributed by atoms with Crippen LogP contribution in [0.25, 0.3) is 0 Å². The average molecular weight is 450 g/mol. The Morgan fingerprint density at radius 3 is 2.36 bits per heavy atom. The number of hydrogen-bond donors (Lipinski definition) is 2. The molecular formula is C25H23FN2O5. The Balaban J connectivity index is 1.54. The lowest BCUT2D eigenvalue weighted by Crippen LogP contribution is -2.23. The maximum absolute atomic E-state index is 13.7. The number of ether oxygens (including phenoxy) is 2. The van der Waals surface area contributed by atoms with Gasteiger partial charge >= 0.3 is 5.97 Å². The summed E-state index contributed by atoms with van der Waals surface area (Å²) in [6.07, 6.45) is 0.827. The molecule has 0 radical (unpaired) electrons. The smallest absolute Gasteiger partial charge is 0.342 e. The second-order valence-electron chi connectivity index (χ2n) is 6.99. The highest BCUT2D eigenvalue weighted by molar-refractivity contribution is 5.97. The highest BCUT2D eigenvalue weighted by Crippen LogP contribution is 2.20. The van der Waals surface area contributed by atoms with Crippen molar-refractivity contribution >= 4 is 29.2 Å². The molecule has 0 aromatic heterocycles. The monoisotopic (exact) mass is 450 g/mol. The Morgan fingerprint density at radius 2 is 1.58 bits per heavy atom. The molecule has 2 amide bonds. The van der Waals surface area contributed by atoms with Gasteiger partial charge in [0, 0.05) is 5.69 Å². The van der Waals surface area contributed by atoms with E-state index in [1.165, 1.54) is 30.3 Å². The SMILES string of the molecule is CCc1cccc(NC(=O)COC(=O)c2ccccc2OCC(=O)Nc2ccccc2F)c1. The second kappa shape index (κ2) is 11.4. The Kier molecular flexibility index (Phi) is 8.13. The van der Waals surface area contributed by atoms with Crippen molar-refractivity contribution in [3.8, 4) is 5.75 Å². The number of rotatable bonds is 9. The van der Waals surface area contributed by atoms with Crippen molar-refractivity contribution < 1.29 is 28.2 Å². The largest absolute Gasteiger partial charge is 0.483 e. The summed E-state index contributed by atoms with van der Waals surface area (Å²) in [7, 11) is 0. The molecule has 0 unspecified atom stereocenters. The fourth-order valence-corrected chi connectivity index (χ4v) is 2.93. The van der Waals surface area contributed by atoms with Gasteiger partial charge in [-0.25, -0.2) is 9.18 Å². The molecule has 0 atom stereocenters. The molecule has 3 aromatic carbocycles. The average Bonchev–Trinajstić information content (AvgIpc) is 2.83. The van der Waals surface area contributed by atoms with Crippen LogP contribution in [0.1, 0.15) is 22.8 Å². The molecule has 8 heteroatoms. The van der Waals surface area contributed by atoms with Crippen LogP contribution in [0, 0.1) is 5.82 Å². The molecule has 3 rings (SSSR count). The molecule has 7 nitrogen and oxygen atoms in total. The lowest BCUT2D eigenvalue weighted by atomic mass is 10.1. The van der Waals surface area contributed by atoms with Gasteiger partial charge in [0.25, 0.3) is 11.8 Å². The van der Waals surface area contributed by atoms with Crippen molar-refractivity contribution in [2.75, 3.05) is 23.8 Å². The van der Waals surface area contributed by atoms with Crippen molar-refractivity contribution in [1.29, 1.82) is 0 Å². The van der Waals surface area contributed by atoms with Crippen LogP contribution in [0.3, 0.4) is 0 Å². The number of carbonyl (C=O) groups is 3. The molecular weight excluding hydrogens is 427 g/mol. The Bertz CT molecular complexity index is 1150. The molecule has 0 aliphatic heterocycles. The third kappa shape index (κ3) is 6.90. The molecule has 33 heavy (non-hydrogen) atoms. The van der Waals surface area contributed by atoms with Crippen molar-refractivity contribution in [2.24, 2.45) is 0 Å². The van der Waals surface area contributed by atoms with Crippen LogP contribution in [-0.2, 0) is 20.7 Å². The fourth-order valence-electron chi connectivity index (χ4n) is 2.93. The Morgan fingerprint density at radius 1 is 0.848 bits per heavy atom. The maximum Gasteiger partial charge on any atom is 0.342 e. The zero-order chi connectivity index (χ0) is 23.6. The zero-order valence-electron chi connectivity index (χ0n) is 18.0. The van der Waals surface area contributed by atoms with Gasteiger partial charge in [-0.3, -0.25) is 9.59 Å². The summed E-state index contributed by atoms with van der Waals surface area (Å²) in [6, 6.07) is 19.3. The fraction of sp³-hybridized carbons (Fsp3) is 0.160. The van der Waals surface area contributed by atoms with Crippen LogP contribution in [0.5, 0.6) is 5.75 Å². The van der Waals surface area contributed by atoms with Crippen LogP contribution >= 0.6 is 0 Å². The standard InChI is InChI=1S/C25H23FN2O5/c1-2-17-8-7-9-18(14-17)27-23(29)16-33-25(31)19-10-3-6-13-22(19)32-15-24(30)28-21-12-5-4-11-20(21)26/h3-14H,2,15-16H2,1H3,(H,27,29)(H,28,30). The van der Waals surface area contributed by atoms with E-state index in [4.69, 9.17) is 9.47 Å². The number of amides is 2. The first-order chi connectivity index (χ1) is 16.0. The van der Waals surface area contributed by atoms with E-state index in [0.29, 0.717) is 5.69 Å². The first-order valence-electron chi connectivity index (χ1n) is 10.3. The van der Waals surface area contributed by atoms with E-state index in [9.17, 15) is 18.8 Å². The molecule has 0 aliphatic rings. The van der Waals surface area contributed by atoms with Crippen LogP contribution in [0.4, 0.5) is 15.8 Å². The summed E-state index contributed by atoms with van der Waals surface area (Å²) < 4.78 is 24.2. The number of para-hydroxylation sites is 2. The summed E-state index contributed by atoms with van der Waals surface area (Å²) in [5.74, 6) is -2.34. The van der Waals surface area contributed by atoms with Gasteiger partial charge in [0.1, 0.15) is 17.1 Å². The van der Waals surface area contributed by atoms with E-state index in [1.807, 2.05) is 25.1 Å². The quantitative estimate of drug-likeness (QED) is 0.477. The first-order valence-corrected chi connectivity index (χ1v) is 10.3. The normalized spacial score (nSPS) is 10.2. The van der Waals surface area contributed by atoms with Gasteiger partial charge in [-0.05, 0) is 48.4 Å². The lowest BCUT2D eigenvalue weighted by molar-refractivity contribution is -0.119. The van der Waals surface area contributed by atoms with Gasteiger partial charge in [-0.1, -0.05) is 43.3 Å². The van der Waals surface area contributed by atoms with E-state index < -0.39 is 36.8 Å². The van der Waals surface area contributed by atoms with Gasteiger partial charge in [0.05, 0.1) is 5.69 Å². The van der Waals surface area contributed by atoms with Crippen LogP contribution in [0.15, 0.2) is 72.8 Å². The molecule has 0 spiro atoms. The number of anilines is 2. The highest BCUT2D eigenvalue weighted by Gasteiger charge is 2.17. The zero-order valence-corrected chi connectivity index (χ0v) is 18.0. The van der Waals surface area contributed by atoms with Crippen molar-refractivity contribution in [3.05, 3.63) is 89.7 Å². The predicted octanol–water partition coefficient (Wildman–Crippen LogP) is 4.20. The van der Waals surface area contributed by atoms with Crippen LogP contribution in [0.2, 0.25) is 0 Å². The molecule has 0 aliphatic carbocycles. The number of halogens is 1. The molecule has 0 bridgehead atoms. The van der Waals surface area contributed by atoms with E-state index in [0.717, 1.165) is 12.0 Å². The third-order valence-corrected chi connectivity index (χ3v) is 4.57. The number of nitrogens with one attached hydrogen (secondary N) is 2. The topological polar surface area (TPSA) is 93.7 Å². The van der Waals surface area contributed by atoms with Crippen molar-refractivity contribution in [3.63, 3.8) is 0 Å². The van der Waals surface area contributed by atoms with Gasteiger partial charge < -0.3 is 20.1 Å². The minimum Gasteiger partial charge on any atom is -0.483 e. The predicted molar refractivity (Wildman–Crippen MR) is 122 cm³/mol. The molecule has 0 saturated heterocycles. The molecule has 0 fully saturated rings. The molecule has 3 aromatic rings. The summed E-state index contributed by atoms with van der Waals surface area (Å²) >= 11 is 0. The number of aryl methyl sites for hydroxylation is 1. The summed E-state index contributed by atoms with van der Waals surface area (Å²) in [6.45, 7) is 1.07.